The number of aryl methyl sites for hydroxylation is 1. The molecule has 0 saturated heterocycles. The van der Waals surface area contributed by atoms with Gasteiger partial charge < -0.3 is 5.73 Å². The third-order valence-corrected chi connectivity index (χ3v) is 3.76. The first-order chi connectivity index (χ1) is 8.39. The summed E-state index contributed by atoms with van der Waals surface area (Å²) in [6, 6.07) is 9.38. The Bertz CT molecular complexity index is 354. The van der Waals surface area contributed by atoms with Crippen LogP contribution in [0, 0.1) is 5.41 Å². The molecule has 1 atom stereocenters. The van der Waals surface area contributed by atoms with Crippen LogP contribution in [0.2, 0.25) is 0 Å². The van der Waals surface area contributed by atoms with Gasteiger partial charge >= 0.3 is 0 Å². The summed E-state index contributed by atoms with van der Waals surface area (Å²) in [5.74, 6) is 0. The summed E-state index contributed by atoms with van der Waals surface area (Å²) in [7, 11) is 2.18. The second-order valence-electron chi connectivity index (χ2n) is 6.05. The van der Waals surface area contributed by atoms with Crippen LogP contribution in [0.4, 0.5) is 0 Å². The molecule has 0 aliphatic rings. The molecule has 0 fully saturated rings. The second-order valence-corrected chi connectivity index (χ2v) is 6.05. The summed E-state index contributed by atoms with van der Waals surface area (Å²) < 4.78 is 0. The van der Waals surface area contributed by atoms with Crippen LogP contribution in [0.3, 0.4) is 0 Å². The molecule has 0 amide bonds. The molecule has 102 valence electrons. The topological polar surface area (TPSA) is 29.3 Å². The zero-order chi connectivity index (χ0) is 13.8. The number of nitrogens with two attached hydrogens (primary N) is 1. The predicted molar refractivity (Wildman–Crippen MR) is 79.7 cm³/mol. The summed E-state index contributed by atoms with van der Waals surface area (Å²) in [6.45, 7) is 10.6. The minimum absolute atomic E-state index is 0.173. The van der Waals surface area contributed by atoms with Gasteiger partial charge in [0.1, 0.15) is 0 Å². The molecule has 0 radical (unpaired) electrons. The van der Waals surface area contributed by atoms with Gasteiger partial charge in [0.25, 0.3) is 0 Å². The highest BCUT2D eigenvalue weighted by atomic mass is 15.1. The van der Waals surface area contributed by atoms with Crippen LogP contribution in [-0.2, 0) is 6.42 Å². The van der Waals surface area contributed by atoms with E-state index in [0.29, 0.717) is 6.04 Å². The Labute approximate surface area is 112 Å². The zero-order valence-electron chi connectivity index (χ0n) is 12.5. The van der Waals surface area contributed by atoms with Crippen molar-refractivity contribution in [3.63, 3.8) is 0 Å². The molecular weight excluding hydrogens is 220 g/mol. The summed E-state index contributed by atoms with van der Waals surface area (Å²) in [6.07, 6.45) is 1.10. The van der Waals surface area contributed by atoms with Crippen molar-refractivity contribution >= 4 is 0 Å². The van der Waals surface area contributed by atoms with Gasteiger partial charge in [-0.3, -0.25) is 4.90 Å². The van der Waals surface area contributed by atoms with Crippen LogP contribution < -0.4 is 5.73 Å². The molecule has 1 aromatic carbocycles. The molecule has 2 nitrogen and oxygen atoms in total. The van der Waals surface area contributed by atoms with Crippen LogP contribution in [0.15, 0.2) is 24.3 Å². The van der Waals surface area contributed by atoms with E-state index in [1.165, 1.54) is 11.1 Å². The van der Waals surface area contributed by atoms with Gasteiger partial charge in [-0.15, -0.1) is 0 Å². The molecule has 0 aliphatic heterocycles. The molecule has 1 rings (SSSR count). The number of hydrogen-bond acceptors (Lipinski definition) is 2. The normalized spacial score (nSPS) is 13.9. The van der Waals surface area contributed by atoms with E-state index in [9.17, 15) is 0 Å². The van der Waals surface area contributed by atoms with Crippen LogP contribution in [-0.4, -0.2) is 25.0 Å². The van der Waals surface area contributed by atoms with Crippen molar-refractivity contribution in [3.05, 3.63) is 35.4 Å². The van der Waals surface area contributed by atoms with Crippen molar-refractivity contribution in [2.45, 2.75) is 40.2 Å². The summed E-state index contributed by atoms with van der Waals surface area (Å²) in [5.41, 5.74) is 8.75. The Balaban J connectivity index is 2.70. The highest BCUT2D eigenvalue weighted by Gasteiger charge is 2.21. The third-order valence-electron chi connectivity index (χ3n) is 3.76. The smallest absolute Gasteiger partial charge is 0.0317 e. The summed E-state index contributed by atoms with van der Waals surface area (Å²) in [4.78, 5) is 2.38. The molecule has 1 unspecified atom stereocenters. The van der Waals surface area contributed by atoms with Crippen LogP contribution in [0.1, 0.15) is 44.9 Å². The molecule has 2 heteroatoms. The van der Waals surface area contributed by atoms with Crippen molar-refractivity contribution in [3.8, 4) is 0 Å². The Kier molecular flexibility index (Phi) is 5.36. The van der Waals surface area contributed by atoms with Gasteiger partial charge in [0.2, 0.25) is 0 Å². The van der Waals surface area contributed by atoms with E-state index in [4.69, 9.17) is 5.73 Å². The number of nitrogens with zero attached hydrogens (tertiary/aromatic N) is 1. The van der Waals surface area contributed by atoms with E-state index in [1.807, 2.05) is 0 Å². The third kappa shape index (κ3) is 4.11. The number of hydrogen-bond donors (Lipinski definition) is 1. The standard InChI is InChI=1S/C16H28N2/c1-6-14-7-9-15(10-8-14)13(2)18(5)12-16(3,4)11-17/h7-10,13H,6,11-12,17H2,1-5H3. The SMILES string of the molecule is CCc1ccc(C(C)N(C)CC(C)(C)CN)cc1. The van der Waals surface area contributed by atoms with Gasteiger partial charge in [-0.25, -0.2) is 0 Å². The summed E-state index contributed by atoms with van der Waals surface area (Å²) in [5, 5.41) is 0. The molecule has 0 saturated carbocycles. The average molecular weight is 248 g/mol. The molecule has 1 aromatic rings. The largest absolute Gasteiger partial charge is 0.330 e. The van der Waals surface area contributed by atoms with E-state index < -0.39 is 0 Å². The van der Waals surface area contributed by atoms with E-state index in [1.54, 1.807) is 0 Å². The van der Waals surface area contributed by atoms with Crippen molar-refractivity contribution < 1.29 is 0 Å². The predicted octanol–water partition coefficient (Wildman–Crippen LogP) is 3.23. The molecule has 0 aromatic heterocycles. The van der Waals surface area contributed by atoms with Crippen LogP contribution in [0.5, 0.6) is 0 Å². The average Bonchev–Trinajstić information content (AvgIpc) is 2.37. The molecule has 0 aliphatic carbocycles. The van der Waals surface area contributed by atoms with Gasteiger partial charge in [0.15, 0.2) is 0 Å². The Morgan fingerprint density at radius 1 is 1.22 bits per heavy atom. The molecule has 0 heterocycles. The second kappa shape index (κ2) is 6.35. The zero-order valence-corrected chi connectivity index (χ0v) is 12.5. The van der Waals surface area contributed by atoms with Gasteiger partial charge in [-0.2, -0.15) is 0 Å². The lowest BCUT2D eigenvalue weighted by atomic mass is 9.92. The minimum atomic E-state index is 0.173. The molecule has 2 N–H and O–H groups in total. The number of rotatable bonds is 6. The molecule has 0 spiro atoms. The van der Waals surface area contributed by atoms with Gasteiger partial charge in [-0.05, 0) is 43.5 Å². The molecule has 18 heavy (non-hydrogen) atoms. The first kappa shape index (κ1) is 15.2. The fraction of sp³-hybridized carbons (Fsp3) is 0.625. The van der Waals surface area contributed by atoms with Crippen molar-refractivity contribution in [2.24, 2.45) is 11.1 Å². The minimum Gasteiger partial charge on any atom is -0.330 e. The highest BCUT2D eigenvalue weighted by Crippen LogP contribution is 2.23. The monoisotopic (exact) mass is 248 g/mol. The quantitative estimate of drug-likeness (QED) is 0.837. The number of benzene rings is 1. The van der Waals surface area contributed by atoms with E-state index in [2.05, 4.69) is 63.9 Å². The molecular formula is C16H28N2. The fourth-order valence-electron chi connectivity index (χ4n) is 2.16. The lowest BCUT2D eigenvalue weighted by Gasteiger charge is -2.33. The van der Waals surface area contributed by atoms with Gasteiger partial charge in [0, 0.05) is 12.6 Å². The fourth-order valence-corrected chi connectivity index (χ4v) is 2.16. The maximum atomic E-state index is 5.80. The van der Waals surface area contributed by atoms with Crippen molar-refractivity contribution in [1.29, 1.82) is 0 Å². The highest BCUT2D eigenvalue weighted by molar-refractivity contribution is 5.24. The Hall–Kier alpha value is -0.860. The van der Waals surface area contributed by atoms with E-state index in [-0.39, 0.29) is 5.41 Å². The van der Waals surface area contributed by atoms with Crippen molar-refractivity contribution in [2.75, 3.05) is 20.1 Å². The van der Waals surface area contributed by atoms with Crippen LogP contribution in [0.25, 0.3) is 0 Å². The van der Waals surface area contributed by atoms with Gasteiger partial charge in [-0.1, -0.05) is 45.0 Å². The maximum absolute atomic E-state index is 5.80. The van der Waals surface area contributed by atoms with E-state index in [0.717, 1.165) is 19.5 Å². The van der Waals surface area contributed by atoms with Crippen molar-refractivity contribution in [1.82, 2.24) is 4.90 Å². The Morgan fingerprint density at radius 2 is 1.78 bits per heavy atom. The Morgan fingerprint density at radius 3 is 2.22 bits per heavy atom. The lowest BCUT2D eigenvalue weighted by Crippen LogP contribution is -2.37. The first-order valence-electron chi connectivity index (χ1n) is 6.89. The van der Waals surface area contributed by atoms with Crippen LogP contribution >= 0.6 is 0 Å². The molecule has 0 bridgehead atoms. The van der Waals surface area contributed by atoms with E-state index >= 15 is 0 Å². The maximum Gasteiger partial charge on any atom is 0.0317 e. The van der Waals surface area contributed by atoms with Gasteiger partial charge in [0.05, 0.1) is 0 Å². The lowest BCUT2D eigenvalue weighted by molar-refractivity contribution is 0.174. The summed E-state index contributed by atoms with van der Waals surface area (Å²) >= 11 is 0. The first-order valence-corrected chi connectivity index (χ1v) is 6.89.